The molecule has 0 spiro atoms. The second-order valence-corrected chi connectivity index (χ2v) is 6.49. The van der Waals surface area contributed by atoms with E-state index in [0.29, 0.717) is 21.6 Å². The van der Waals surface area contributed by atoms with Crippen LogP contribution in [0.3, 0.4) is 0 Å². The Labute approximate surface area is 158 Å². The maximum Gasteiger partial charge on any atom is 0.282 e. The fraction of sp³-hybridized carbons (Fsp3) is 0.211. The molecular weight excluding hydrogens is 373 g/mol. The van der Waals surface area contributed by atoms with Gasteiger partial charge < -0.3 is 15.2 Å². The lowest BCUT2D eigenvalue weighted by Crippen LogP contribution is -3.12. The van der Waals surface area contributed by atoms with Crippen molar-refractivity contribution in [2.24, 2.45) is 0 Å². The number of nitrogens with one attached hydrogen (secondary N) is 3. The predicted molar refractivity (Wildman–Crippen MR) is 97.4 cm³/mol. The molecule has 2 aromatic carbocycles. The summed E-state index contributed by atoms with van der Waals surface area (Å²) in [5.41, 5.74) is -0.190. The fourth-order valence-corrected chi connectivity index (χ4v) is 2.72. The van der Waals surface area contributed by atoms with E-state index in [1.807, 2.05) is 0 Å². The van der Waals surface area contributed by atoms with Gasteiger partial charge in [0.25, 0.3) is 11.5 Å². The van der Waals surface area contributed by atoms with E-state index in [9.17, 15) is 22.8 Å². The number of nitrogens with zero attached hydrogens (tertiary/aromatic N) is 1. The van der Waals surface area contributed by atoms with E-state index in [1.165, 1.54) is 0 Å². The monoisotopic (exact) mass is 391 g/mol. The highest BCUT2D eigenvalue weighted by Crippen LogP contribution is 2.19. The standard InChI is InChI=1S/C19H17F3N4O2/c1-10(18(27)24-14-8-7-12(20)16(21)17(14)22)26(2)9-15-23-13-6-4-3-5-11(13)19(28)25-15/h3-8,10H,9H2,1-2H3,(H,24,27)(H,23,25,28)/p+1/t10-/m0/s1. The van der Waals surface area contributed by atoms with Crippen LogP contribution >= 0.6 is 0 Å². The molecule has 1 aromatic heterocycles. The van der Waals surface area contributed by atoms with Crippen molar-refractivity contribution in [1.29, 1.82) is 0 Å². The number of hydrogen-bond donors (Lipinski definition) is 3. The summed E-state index contributed by atoms with van der Waals surface area (Å²) in [7, 11) is 1.70. The van der Waals surface area contributed by atoms with Gasteiger partial charge in [-0.05, 0) is 31.2 Å². The van der Waals surface area contributed by atoms with Crippen molar-refractivity contribution in [3.05, 3.63) is 70.0 Å². The van der Waals surface area contributed by atoms with Gasteiger partial charge in [-0.25, -0.2) is 18.2 Å². The van der Waals surface area contributed by atoms with Crippen LogP contribution in [0.2, 0.25) is 0 Å². The van der Waals surface area contributed by atoms with Gasteiger partial charge in [-0.2, -0.15) is 0 Å². The van der Waals surface area contributed by atoms with Crippen LogP contribution in [0.5, 0.6) is 0 Å². The van der Waals surface area contributed by atoms with Gasteiger partial charge in [0.15, 0.2) is 29.3 Å². The topological polar surface area (TPSA) is 79.3 Å². The Morgan fingerprint density at radius 1 is 1.18 bits per heavy atom. The summed E-state index contributed by atoms with van der Waals surface area (Å²) < 4.78 is 40.0. The molecule has 28 heavy (non-hydrogen) atoms. The fourth-order valence-electron chi connectivity index (χ4n) is 2.72. The van der Waals surface area contributed by atoms with Crippen LogP contribution in [0.15, 0.2) is 41.2 Å². The molecule has 3 N–H and O–H groups in total. The summed E-state index contributed by atoms with van der Waals surface area (Å²) >= 11 is 0. The number of H-pyrrole nitrogens is 1. The molecule has 3 rings (SSSR count). The van der Waals surface area contributed by atoms with Gasteiger partial charge >= 0.3 is 0 Å². The van der Waals surface area contributed by atoms with Gasteiger partial charge in [0.05, 0.1) is 23.6 Å². The molecular formula is C19H18F3N4O2+. The second-order valence-electron chi connectivity index (χ2n) is 6.49. The maximum absolute atomic E-state index is 13.7. The molecule has 0 radical (unpaired) electrons. The average molecular weight is 391 g/mol. The third-order valence-electron chi connectivity index (χ3n) is 4.53. The number of likely N-dealkylation sites (N-methyl/N-ethyl adjacent to an activating group) is 1. The molecule has 146 valence electrons. The Morgan fingerprint density at radius 3 is 2.64 bits per heavy atom. The number of benzene rings is 2. The number of aromatic amines is 1. The van der Waals surface area contributed by atoms with Crippen LogP contribution in [-0.4, -0.2) is 29.0 Å². The Bertz CT molecular complexity index is 1100. The quantitative estimate of drug-likeness (QED) is 0.575. The molecule has 0 saturated heterocycles. The minimum absolute atomic E-state index is 0.217. The smallest absolute Gasteiger partial charge is 0.282 e. The first-order chi connectivity index (χ1) is 13.3. The molecule has 0 aliphatic rings. The first-order valence-electron chi connectivity index (χ1n) is 8.52. The average Bonchev–Trinajstić information content (AvgIpc) is 2.67. The largest absolute Gasteiger partial charge is 0.321 e. The summed E-state index contributed by atoms with van der Waals surface area (Å²) in [5.74, 6) is -4.65. The van der Waals surface area contributed by atoms with Gasteiger partial charge in [0.2, 0.25) is 0 Å². The molecule has 1 amide bonds. The number of quaternary nitrogens is 1. The SMILES string of the molecule is C[C@@H](C(=O)Nc1ccc(F)c(F)c1F)[NH+](C)Cc1nc2ccccc2c(=O)[nH]1. The van der Waals surface area contributed by atoms with Crippen molar-refractivity contribution in [1.82, 2.24) is 9.97 Å². The van der Waals surface area contributed by atoms with Crippen LogP contribution < -0.4 is 15.8 Å². The number of aromatic nitrogens is 2. The molecule has 0 aliphatic heterocycles. The number of carbonyl (C=O) groups excluding carboxylic acids is 1. The number of rotatable bonds is 5. The zero-order valence-corrected chi connectivity index (χ0v) is 15.1. The third-order valence-corrected chi connectivity index (χ3v) is 4.53. The molecule has 0 bridgehead atoms. The summed E-state index contributed by atoms with van der Waals surface area (Å²) in [4.78, 5) is 32.2. The molecule has 0 aliphatic carbocycles. The van der Waals surface area contributed by atoms with E-state index in [1.54, 1.807) is 38.2 Å². The molecule has 0 fully saturated rings. The molecule has 6 nitrogen and oxygen atoms in total. The van der Waals surface area contributed by atoms with E-state index in [4.69, 9.17) is 0 Å². The van der Waals surface area contributed by atoms with Crippen molar-refractivity contribution in [2.45, 2.75) is 19.5 Å². The van der Waals surface area contributed by atoms with Crippen molar-refractivity contribution >= 4 is 22.5 Å². The predicted octanol–water partition coefficient (Wildman–Crippen LogP) is 1.38. The van der Waals surface area contributed by atoms with Crippen molar-refractivity contribution < 1.29 is 22.9 Å². The van der Waals surface area contributed by atoms with Gasteiger partial charge in [0, 0.05) is 0 Å². The Balaban J connectivity index is 1.74. The van der Waals surface area contributed by atoms with Crippen molar-refractivity contribution in [3.63, 3.8) is 0 Å². The highest BCUT2D eigenvalue weighted by Gasteiger charge is 2.25. The summed E-state index contributed by atoms with van der Waals surface area (Å²) in [6.45, 7) is 1.80. The van der Waals surface area contributed by atoms with Crippen molar-refractivity contribution in [3.8, 4) is 0 Å². The molecule has 3 aromatic rings. The van der Waals surface area contributed by atoms with Gasteiger partial charge in [-0.1, -0.05) is 12.1 Å². The summed E-state index contributed by atoms with van der Waals surface area (Å²) in [6, 6.07) is 7.88. The normalized spacial score (nSPS) is 13.3. The summed E-state index contributed by atoms with van der Waals surface area (Å²) in [5, 5.41) is 2.71. The number of fused-ring (bicyclic) bond motifs is 1. The van der Waals surface area contributed by atoms with E-state index in [0.717, 1.165) is 12.1 Å². The minimum Gasteiger partial charge on any atom is -0.321 e. The Kier molecular flexibility index (Phi) is 5.46. The zero-order chi connectivity index (χ0) is 20.4. The molecule has 0 saturated carbocycles. The van der Waals surface area contributed by atoms with Crippen LogP contribution in [0.1, 0.15) is 12.7 Å². The number of halogens is 3. The summed E-state index contributed by atoms with van der Waals surface area (Å²) in [6.07, 6.45) is 0. The lowest BCUT2D eigenvalue weighted by atomic mass is 10.2. The van der Waals surface area contributed by atoms with Crippen molar-refractivity contribution in [2.75, 3.05) is 12.4 Å². The van der Waals surface area contributed by atoms with Crippen LogP contribution in [0.4, 0.5) is 18.9 Å². The molecule has 2 atom stereocenters. The highest BCUT2D eigenvalue weighted by molar-refractivity contribution is 5.93. The molecule has 9 heteroatoms. The van der Waals surface area contributed by atoms with E-state index in [-0.39, 0.29) is 12.1 Å². The van der Waals surface area contributed by atoms with Crippen LogP contribution in [-0.2, 0) is 11.3 Å². The number of anilines is 1. The van der Waals surface area contributed by atoms with Gasteiger partial charge in [-0.15, -0.1) is 0 Å². The number of amides is 1. The molecule has 1 heterocycles. The number of carbonyl (C=O) groups is 1. The van der Waals surface area contributed by atoms with E-state index < -0.39 is 35.1 Å². The van der Waals surface area contributed by atoms with Crippen LogP contribution in [0.25, 0.3) is 10.9 Å². The third kappa shape index (κ3) is 3.89. The van der Waals surface area contributed by atoms with E-state index >= 15 is 0 Å². The Morgan fingerprint density at radius 2 is 1.89 bits per heavy atom. The molecule has 1 unspecified atom stereocenters. The van der Waals surface area contributed by atoms with E-state index in [2.05, 4.69) is 15.3 Å². The Hall–Kier alpha value is -3.20. The highest BCUT2D eigenvalue weighted by atomic mass is 19.2. The van der Waals surface area contributed by atoms with Crippen LogP contribution in [0, 0.1) is 17.5 Å². The van der Waals surface area contributed by atoms with Gasteiger partial charge in [0.1, 0.15) is 6.54 Å². The minimum atomic E-state index is -1.65. The second kappa shape index (κ2) is 7.81. The first-order valence-corrected chi connectivity index (χ1v) is 8.52. The van der Waals surface area contributed by atoms with Gasteiger partial charge in [-0.3, -0.25) is 9.59 Å². The number of hydrogen-bond acceptors (Lipinski definition) is 3. The lowest BCUT2D eigenvalue weighted by molar-refractivity contribution is -0.908. The lowest BCUT2D eigenvalue weighted by Gasteiger charge is -2.20. The first kappa shape index (κ1) is 19.6. The zero-order valence-electron chi connectivity index (χ0n) is 15.1. The number of para-hydroxylation sites is 1. The maximum atomic E-state index is 13.7.